The summed E-state index contributed by atoms with van der Waals surface area (Å²) in [5.74, 6) is 1.01. The van der Waals surface area contributed by atoms with E-state index < -0.39 is 0 Å². The SMILES string of the molecule is N#CCCCCN1CCC2CCCCC21. The number of nitriles is 1. The molecule has 0 radical (unpaired) electrons. The van der Waals surface area contributed by atoms with E-state index in [4.69, 9.17) is 5.26 Å². The van der Waals surface area contributed by atoms with Gasteiger partial charge >= 0.3 is 0 Å². The molecule has 1 saturated carbocycles. The molecular weight excluding hydrogens is 184 g/mol. The van der Waals surface area contributed by atoms with Gasteiger partial charge in [-0.05, 0) is 51.1 Å². The van der Waals surface area contributed by atoms with Gasteiger partial charge in [-0.15, -0.1) is 0 Å². The van der Waals surface area contributed by atoms with Gasteiger partial charge in [-0.25, -0.2) is 0 Å². The third-order valence-corrected chi connectivity index (χ3v) is 4.11. The molecule has 2 atom stereocenters. The zero-order chi connectivity index (χ0) is 10.5. The van der Waals surface area contributed by atoms with Crippen LogP contribution in [-0.4, -0.2) is 24.0 Å². The van der Waals surface area contributed by atoms with Gasteiger partial charge in [0.1, 0.15) is 0 Å². The van der Waals surface area contributed by atoms with Crippen molar-refractivity contribution in [2.45, 2.75) is 57.4 Å². The molecule has 1 aliphatic carbocycles. The summed E-state index contributed by atoms with van der Waals surface area (Å²) >= 11 is 0. The van der Waals surface area contributed by atoms with Crippen LogP contribution in [-0.2, 0) is 0 Å². The van der Waals surface area contributed by atoms with Crippen LogP contribution in [0.2, 0.25) is 0 Å². The topological polar surface area (TPSA) is 27.0 Å². The molecule has 1 aliphatic heterocycles. The van der Waals surface area contributed by atoms with E-state index in [1.54, 1.807) is 0 Å². The normalized spacial score (nSPS) is 31.1. The first-order chi connectivity index (χ1) is 7.42. The van der Waals surface area contributed by atoms with E-state index in [9.17, 15) is 0 Å². The number of hydrogen-bond acceptors (Lipinski definition) is 2. The highest BCUT2D eigenvalue weighted by molar-refractivity contribution is 4.89. The largest absolute Gasteiger partial charge is 0.300 e. The lowest BCUT2D eigenvalue weighted by atomic mass is 9.85. The number of nitrogens with zero attached hydrogens (tertiary/aromatic N) is 2. The molecule has 2 aliphatic rings. The molecule has 0 N–H and O–H groups in total. The zero-order valence-corrected chi connectivity index (χ0v) is 9.62. The second-order valence-corrected chi connectivity index (χ2v) is 5.05. The molecule has 0 spiro atoms. The summed E-state index contributed by atoms with van der Waals surface area (Å²) in [4.78, 5) is 2.70. The third kappa shape index (κ3) is 2.72. The van der Waals surface area contributed by atoms with E-state index >= 15 is 0 Å². The fourth-order valence-corrected chi connectivity index (χ4v) is 3.30. The Labute approximate surface area is 93.3 Å². The molecular formula is C13H22N2. The second-order valence-electron chi connectivity index (χ2n) is 5.05. The van der Waals surface area contributed by atoms with E-state index in [-0.39, 0.29) is 0 Å². The van der Waals surface area contributed by atoms with Gasteiger partial charge in [-0.1, -0.05) is 12.8 Å². The molecule has 15 heavy (non-hydrogen) atoms. The van der Waals surface area contributed by atoms with Crippen molar-refractivity contribution in [2.75, 3.05) is 13.1 Å². The fraction of sp³-hybridized carbons (Fsp3) is 0.923. The average Bonchev–Trinajstić information content (AvgIpc) is 2.68. The molecule has 0 aromatic carbocycles. The monoisotopic (exact) mass is 206 g/mol. The van der Waals surface area contributed by atoms with E-state index in [2.05, 4.69) is 11.0 Å². The fourth-order valence-electron chi connectivity index (χ4n) is 3.30. The van der Waals surface area contributed by atoms with E-state index in [1.807, 2.05) is 0 Å². The number of unbranched alkanes of at least 4 members (excludes halogenated alkanes) is 2. The molecule has 2 unspecified atom stereocenters. The standard InChI is InChI=1S/C13H22N2/c14-9-4-1-5-10-15-11-8-12-6-2-3-7-13(12)15/h12-13H,1-8,10-11H2. The molecule has 2 heteroatoms. The van der Waals surface area contributed by atoms with Crippen LogP contribution >= 0.6 is 0 Å². The van der Waals surface area contributed by atoms with Crippen LogP contribution in [0.25, 0.3) is 0 Å². The molecule has 1 saturated heterocycles. The maximum Gasteiger partial charge on any atom is 0.0621 e. The smallest absolute Gasteiger partial charge is 0.0621 e. The summed E-state index contributed by atoms with van der Waals surface area (Å²) in [5.41, 5.74) is 0. The second kappa shape index (κ2) is 5.51. The highest BCUT2D eigenvalue weighted by Crippen LogP contribution is 2.36. The van der Waals surface area contributed by atoms with Gasteiger partial charge in [-0.2, -0.15) is 5.26 Å². The van der Waals surface area contributed by atoms with Crippen molar-refractivity contribution < 1.29 is 0 Å². The maximum atomic E-state index is 8.48. The van der Waals surface area contributed by atoms with Crippen LogP contribution in [0.3, 0.4) is 0 Å². The van der Waals surface area contributed by atoms with Crippen LogP contribution in [0.15, 0.2) is 0 Å². The van der Waals surface area contributed by atoms with Gasteiger partial charge < -0.3 is 4.90 Å². The predicted molar refractivity (Wildman–Crippen MR) is 61.4 cm³/mol. The van der Waals surface area contributed by atoms with Crippen molar-refractivity contribution in [3.8, 4) is 6.07 Å². The summed E-state index contributed by atoms with van der Waals surface area (Å²) in [6.07, 6.45) is 10.3. The quantitative estimate of drug-likeness (QED) is 0.661. The number of hydrogen-bond donors (Lipinski definition) is 0. The molecule has 84 valence electrons. The van der Waals surface area contributed by atoms with Crippen LogP contribution in [0.1, 0.15) is 51.4 Å². The van der Waals surface area contributed by atoms with Crippen molar-refractivity contribution in [3.05, 3.63) is 0 Å². The highest BCUT2D eigenvalue weighted by atomic mass is 15.2. The molecule has 0 amide bonds. The zero-order valence-electron chi connectivity index (χ0n) is 9.62. The number of rotatable bonds is 4. The lowest BCUT2D eigenvalue weighted by Gasteiger charge is -2.31. The summed E-state index contributed by atoms with van der Waals surface area (Å²) in [6.45, 7) is 2.56. The summed E-state index contributed by atoms with van der Waals surface area (Å²) < 4.78 is 0. The number of fused-ring (bicyclic) bond motifs is 1. The van der Waals surface area contributed by atoms with Crippen molar-refractivity contribution in [2.24, 2.45) is 5.92 Å². The Hall–Kier alpha value is -0.550. The summed E-state index contributed by atoms with van der Waals surface area (Å²) in [5, 5.41) is 8.48. The first-order valence-corrected chi connectivity index (χ1v) is 6.53. The lowest BCUT2D eigenvalue weighted by Crippen LogP contribution is -2.35. The van der Waals surface area contributed by atoms with Crippen LogP contribution in [0.4, 0.5) is 0 Å². The van der Waals surface area contributed by atoms with Crippen molar-refractivity contribution in [3.63, 3.8) is 0 Å². The molecule has 0 aromatic rings. The average molecular weight is 206 g/mol. The van der Waals surface area contributed by atoms with Crippen LogP contribution in [0.5, 0.6) is 0 Å². The maximum absolute atomic E-state index is 8.48. The minimum Gasteiger partial charge on any atom is -0.300 e. The van der Waals surface area contributed by atoms with Gasteiger partial charge in [-0.3, -0.25) is 0 Å². The van der Waals surface area contributed by atoms with Gasteiger partial charge in [0, 0.05) is 12.5 Å². The Balaban J connectivity index is 1.71. The van der Waals surface area contributed by atoms with Crippen molar-refractivity contribution in [1.82, 2.24) is 4.90 Å². The van der Waals surface area contributed by atoms with Crippen molar-refractivity contribution in [1.29, 1.82) is 5.26 Å². The lowest BCUT2D eigenvalue weighted by molar-refractivity contribution is 0.180. The molecule has 0 bridgehead atoms. The van der Waals surface area contributed by atoms with Gasteiger partial charge in [0.15, 0.2) is 0 Å². The Morgan fingerprint density at radius 1 is 1.13 bits per heavy atom. The Bertz CT molecular complexity index is 231. The summed E-state index contributed by atoms with van der Waals surface area (Å²) in [7, 11) is 0. The van der Waals surface area contributed by atoms with Gasteiger partial charge in [0.25, 0.3) is 0 Å². The Kier molecular flexibility index (Phi) is 4.02. The molecule has 2 nitrogen and oxygen atoms in total. The highest BCUT2D eigenvalue weighted by Gasteiger charge is 2.34. The summed E-state index contributed by atoms with van der Waals surface area (Å²) in [6, 6.07) is 3.13. The first-order valence-electron chi connectivity index (χ1n) is 6.53. The molecule has 1 heterocycles. The minimum atomic E-state index is 0.738. The predicted octanol–water partition coefficient (Wildman–Crippen LogP) is 2.94. The molecule has 2 fully saturated rings. The first kappa shape index (κ1) is 11.0. The molecule has 2 rings (SSSR count). The van der Waals surface area contributed by atoms with Gasteiger partial charge in [0.05, 0.1) is 6.07 Å². The van der Waals surface area contributed by atoms with Crippen molar-refractivity contribution >= 4 is 0 Å². The van der Waals surface area contributed by atoms with Crippen LogP contribution in [0, 0.1) is 17.2 Å². The van der Waals surface area contributed by atoms with E-state index in [1.165, 1.54) is 51.6 Å². The Morgan fingerprint density at radius 2 is 2.00 bits per heavy atom. The Morgan fingerprint density at radius 3 is 2.87 bits per heavy atom. The third-order valence-electron chi connectivity index (χ3n) is 4.11. The minimum absolute atomic E-state index is 0.738. The van der Waals surface area contributed by atoms with Crippen LogP contribution < -0.4 is 0 Å². The number of likely N-dealkylation sites (tertiary alicyclic amines) is 1. The van der Waals surface area contributed by atoms with E-state index in [0.29, 0.717) is 0 Å². The van der Waals surface area contributed by atoms with Gasteiger partial charge in [0.2, 0.25) is 0 Å². The molecule has 0 aromatic heterocycles. The van der Waals surface area contributed by atoms with E-state index in [0.717, 1.165) is 24.8 Å².